The normalized spacial score (nSPS) is 49.2. The van der Waals surface area contributed by atoms with Crippen molar-refractivity contribution in [1.82, 2.24) is 0 Å². The number of ketones is 1. The van der Waals surface area contributed by atoms with Crippen molar-refractivity contribution in [3.63, 3.8) is 0 Å². The summed E-state index contributed by atoms with van der Waals surface area (Å²) in [6, 6.07) is 0. The molecule has 0 aromatic heterocycles. The standard InChI is InChI=1S/C59H94O32S2/c1-24(2)18-26(61)19-58(8)34-13-16-57(7)28-10-11-33-55(4,5)35(14-15-56(33,6)27(28)12-17-59(34,57)54(71)90-58)85-52-47(38(65)32(22-80-52)91-93(75,76)77)89-53-48(88-50-40(67)39(66)36(63)30(20-60)83-50)41(68)44(25(3)82-53)86-51-43(70)46(37(64)31(84-51)23-81-92(72,73)74)87-49-42(69)45(78-9)29(62)21-79-49/h10,24-25,27,29-53,60,62-70H,11-23H2,1-9H3,(H,72,73,74)(H,75,76,77)/t25-,27-,29-,30-,31-,32-,33+,34-,35+,36-,37-,38+,39+,40-,41+,42-,43-,44-,45+,46+,47-,48-,49+,50+,51+,52+,53+,56-,57+,58+,59+/m1/s1. The third-order valence-corrected chi connectivity index (χ3v) is 23.2. The molecule has 1 spiro atoms. The predicted octanol–water partition coefficient (Wildman–Crippen LogP) is -2.01. The average Bonchev–Trinajstić information content (AvgIpc) is 1.54. The first kappa shape index (κ1) is 73.5. The molecular formula is C59H94O32S2. The Hall–Kier alpha value is -2.22. The Balaban J connectivity index is 0.926. The smallest absolute Gasteiger partial charge is 0.397 e. The molecule has 0 bridgehead atoms. The van der Waals surface area contributed by atoms with Gasteiger partial charge in [-0.1, -0.05) is 53.2 Å². The van der Waals surface area contributed by atoms with Crippen LogP contribution in [0.4, 0.5) is 0 Å². The van der Waals surface area contributed by atoms with Crippen LogP contribution in [0.25, 0.3) is 0 Å². The summed E-state index contributed by atoms with van der Waals surface area (Å²) >= 11 is 0. The van der Waals surface area contributed by atoms with Gasteiger partial charge in [0.25, 0.3) is 0 Å². The summed E-state index contributed by atoms with van der Waals surface area (Å²) in [5.41, 5.74) is -2.14. The summed E-state index contributed by atoms with van der Waals surface area (Å²) in [4.78, 5) is 27.9. The molecule has 12 N–H and O–H groups in total. The topological polar surface area (TPSA) is 474 Å². The molecule has 0 unspecified atom stereocenters. The maximum atomic E-state index is 14.5. The van der Waals surface area contributed by atoms with E-state index in [0.29, 0.717) is 38.5 Å². The van der Waals surface area contributed by atoms with E-state index >= 15 is 0 Å². The van der Waals surface area contributed by atoms with E-state index in [2.05, 4.69) is 24.1 Å². The number of Topliss-reactive ketones (excluding diaryl/α,β-unsaturated/α-hetero) is 1. The van der Waals surface area contributed by atoms with E-state index in [1.807, 2.05) is 34.6 Å². The summed E-state index contributed by atoms with van der Waals surface area (Å²) in [5.74, 6) is -0.212. The molecule has 9 fully saturated rings. The summed E-state index contributed by atoms with van der Waals surface area (Å²) in [5, 5.41) is 112. The number of methoxy groups -OCH3 is 1. The highest BCUT2D eigenvalue weighted by Crippen LogP contribution is 2.76. The van der Waals surface area contributed by atoms with Gasteiger partial charge in [-0.3, -0.25) is 18.7 Å². The van der Waals surface area contributed by atoms with E-state index < -0.39 is 216 Å². The molecule has 0 radical (unpaired) electrons. The Morgan fingerprint density at radius 3 is 1.92 bits per heavy atom. The highest BCUT2D eigenvalue weighted by Gasteiger charge is 2.76. The Morgan fingerprint density at radius 1 is 0.645 bits per heavy atom. The number of hydrogen-bond acceptors (Lipinski definition) is 30. The Morgan fingerprint density at radius 2 is 1.27 bits per heavy atom. The third kappa shape index (κ3) is 13.7. The Bertz CT molecular complexity index is 2920. The molecule has 3 saturated carbocycles. The zero-order chi connectivity index (χ0) is 68.2. The largest absolute Gasteiger partial charge is 0.458 e. The number of esters is 1. The minimum Gasteiger partial charge on any atom is -0.458 e. The first-order chi connectivity index (χ1) is 43.3. The average molecular weight is 1380 g/mol. The lowest BCUT2D eigenvalue weighted by molar-refractivity contribution is -0.405. The Kier molecular flexibility index (Phi) is 21.6. The van der Waals surface area contributed by atoms with Crippen molar-refractivity contribution in [2.75, 3.05) is 33.5 Å². The maximum absolute atomic E-state index is 14.5. The number of aliphatic hydroxyl groups is 10. The fourth-order valence-corrected chi connectivity index (χ4v) is 18.5. The lowest BCUT2D eigenvalue weighted by Crippen LogP contribution is -2.68. The van der Waals surface area contributed by atoms with Crippen LogP contribution >= 0.6 is 0 Å². The van der Waals surface area contributed by atoms with Gasteiger partial charge in [0.2, 0.25) is 0 Å². The van der Waals surface area contributed by atoms with E-state index in [4.69, 9.17) is 61.0 Å². The number of allylic oxidation sites excluding steroid dienone is 2. The van der Waals surface area contributed by atoms with Crippen LogP contribution in [-0.2, 0) is 95.6 Å². The van der Waals surface area contributed by atoms with Crippen molar-refractivity contribution in [3.05, 3.63) is 11.6 Å². The van der Waals surface area contributed by atoms with E-state index in [-0.39, 0.29) is 47.3 Å². The van der Waals surface area contributed by atoms with Crippen LogP contribution in [0, 0.1) is 45.3 Å². The molecule has 534 valence electrons. The van der Waals surface area contributed by atoms with Crippen molar-refractivity contribution in [2.45, 2.75) is 266 Å². The second-order valence-electron chi connectivity index (χ2n) is 28.7. The molecule has 10 aliphatic rings. The molecule has 34 heteroatoms. The van der Waals surface area contributed by atoms with E-state index in [9.17, 15) is 86.6 Å². The van der Waals surface area contributed by atoms with Crippen LogP contribution in [0.1, 0.15) is 113 Å². The molecule has 93 heavy (non-hydrogen) atoms. The quantitative estimate of drug-likeness (QED) is 0.0336. The summed E-state index contributed by atoms with van der Waals surface area (Å²) in [6.07, 6.45) is -37.2. The van der Waals surface area contributed by atoms with Gasteiger partial charge in [0, 0.05) is 31.3 Å². The zero-order valence-corrected chi connectivity index (χ0v) is 54.9. The van der Waals surface area contributed by atoms with Crippen molar-refractivity contribution in [3.8, 4) is 0 Å². The highest BCUT2D eigenvalue weighted by molar-refractivity contribution is 7.81. The molecule has 31 atom stereocenters. The highest BCUT2D eigenvalue weighted by atomic mass is 32.3. The molecule has 0 aromatic rings. The molecule has 6 heterocycles. The first-order valence-electron chi connectivity index (χ1n) is 31.8. The molecule has 4 aliphatic carbocycles. The second-order valence-corrected chi connectivity index (χ2v) is 30.8. The molecule has 0 aromatic carbocycles. The zero-order valence-electron chi connectivity index (χ0n) is 53.3. The number of hydrogen-bond donors (Lipinski definition) is 12. The van der Waals surface area contributed by atoms with Crippen molar-refractivity contribution in [2.24, 2.45) is 45.3 Å². The van der Waals surface area contributed by atoms with Crippen LogP contribution < -0.4 is 0 Å². The lowest BCUT2D eigenvalue weighted by Gasteiger charge is -2.64. The lowest BCUT2D eigenvalue weighted by atomic mass is 9.41. The summed E-state index contributed by atoms with van der Waals surface area (Å²) < 4.78 is 149. The van der Waals surface area contributed by atoms with Crippen LogP contribution in [0.2, 0.25) is 0 Å². The van der Waals surface area contributed by atoms with Crippen LogP contribution in [0.3, 0.4) is 0 Å². The van der Waals surface area contributed by atoms with Gasteiger partial charge in [0.1, 0.15) is 115 Å². The van der Waals surface area contributed by atoms with Gasteiger partial charge in [-0.15, -0.1) is 0 Å². The number of cyclic esters (lactones) is 1. The van der Waals surface area contributed by atoms with Gasteiger partial charge >= 0.3 is 26.8 Å². The van der Waals surface area contributed by atoms with Crippen LogP contribution in [0.15, 0.2) is 11.6 Å². The number of carbonyl (C=O) groups is 2. The van der Waals surface area contributed by atoms with Crippen LogP contribution in [-0.4, -0.2) is 275 Å². The molecule has 10 rings (SSSR count). The number of ether oxygens (including phenoxy) is 12. The monoisotopic (exact) mass is 1380 g/mol. The van der Waals surface area contributed by atoms with Gasteiger partial charge in [0.05, 0.1) is 44.1 Å². The van der Waals surface area contributed by atoms with Crippen LogP contribution in [0.5, 0.6) is 0 Å². The number of carbonyl (C=O) groups excluding carboxylic acids is 2. The molecule has 0 amide bonds. The second kappa shape index (κ2) is 27.4. The fraction of sp³-hybridized carbons (Fsp3) is 0.932. The minimum atomic E-state index is -5.32. The Labute approximate surface area is 539 Å². The molecule has 6 saturated heterocycles. The van der Waals surface area contributed by atoms with Gasteiger partial charge in [-0.2, -0.15) is 16.8 Å². The fourth-order valence-electron chi connectivity index (χ4n) is 17.7. The van der Waals surface area contributed by atoms with Gasteiger partial charge in [-0.05, 0) is 87.4 Å². The van der Waals surface area contributed by atoms with E-state index in [1.54, 1.807) is 0 Å². The third-order valence-electron chi connectivity index (χ3n) is 22.2. The number of aliphatic hydroxyl groups excluding tert-OH is 10. The molecular weight excluding hydrogens is 1280 g/mol. The van der Waals surface area contributed by atoms with Gasteiger partial charge < -0.3 is 108 Å². The summed E-state index contributed by atoms with van der Waals surface area (Å²) in [7, 11) is -9.39. The van der Waals surface area contributed by atoms with Crippen molar-refractivity contribution in [1.29, 1.82) is 0 Å². The number of rotatable bonds is 21. The first-order valence-corrected chi connectivity index (χ1v) is 34.5. The predicted molar refractivity (Wildman–Crippen MR) is 308 cm³/mol. The minimum absolute atomic E-state index is 0.0422. The van der Waals surface area contributed by atoms with E-state index in [0.717, 1.165) is 20.0 Å². The van der Waals surface area contributed by atoms with Gasteiger partial charge in [0.15, 0.2) is 31.5 Å². The summed E-state index contributed by atoms with van der Waals surface area (Å²) in [6.45, 7) is 12.4. The van der Waals surface area contributed by atoms with Crippen molar-refractivity contribution < 1.29 is 152 Å². The number of fused-ring (bicyclic) bond motifs is 4. The molecule has 32 nitrogen and oxygen atoms in total. The van der Waals surface area contributed by atoms with Crippen molar-refractivity contribution >= 4 is 32.6 Å². The van der Waals surface area contributed by atoms with Gasteiger partial charge in [-0.25, -0.2) is 8.37 Å². The SMILES string of the molecule is CO[C@@H]1[C@@H](O)[C@H](O[C@@H]2[C@@H](O)[C@H](O[C@H]3[C@H](O)[C@@H](O[C@@H]4O[C@H](CO)[C@@H](O)[C@H](O)[C@H]4O)[C@H](O[C@H]4[C@H](O[C@H]5CC[C@]6(C)[C@@H]7CC[C@@]89C(=O)O[C@@](C)(CC(=O)CC(C)C)[C@H]8CC[C@@]9(C)C7=CC[C@H]6C5(C)C)OC[C@@H](OS(=O)(=O)O)[C@@H]4O)O[C@@H]3C)O[C@H](COS(=O)(=O)O)[C@H]2O)OC[C@H]1O. The molecule has 6 aliphatic heterocycles. The van der Waals surface area contributed by atoms with E-state index in [1.165, 1.54) is 12.5 Å². The maximum Gasteiger partial charge on any atom is 0.397 e.